The highest BCUT2D eigenvalue weighted by Gasteiger charge is 2.34. The van der Waals surface area contributed by atoms with Crippen molar-refractivity contribution >= 4 is 16.2 Å². The summed E-state index contributed by atoms with van der Waals surface area (Å²) < 4.78 is 26.2. The third kappa shape index (κ3) is 3.13. The van der Waals surface area contributed by atoms with Gasteiger partial charge in [0.15, 0.2) is 0 Å². The fraction of sp³-hybridized carbons (Fsp3) is 0.857. The largest absolute Gasteiger partial charge is 0.481 e. The fourth-order valence-electron chi connectivity index (χ4n) is 1.41. The average Bonchev–Trinajstić information content (AvgIpc) is 2.64. The number of carbonyl (C=O) groups is 1. The van der Waals surface area contributed by atoms with Gasteiger partial charge in [-0.05, 0) is 6.42 Å². The van der Waals surface area contributed by atoms with Crippen molar-refractivity contribution in [2.75, 3.05) is 26.2 Å². The van der Waals surface area contributed by atoms with E-state index in [9.17, 15) is 13.2 Å². The topological polar surface area (TPSA) is 107 Å². The lowest BCUT2D eigenvalue weighted by molar-refractivity contribution is -0.141. The van der Waals surface area contributed by atoms with Gasteiger partial charge in [0, 0.05) is 19.6 Å². The molecule has 0 aromatic carbocycles. The van der Waals surface area contributed by atoms with Crippen LogP contribution < -0.4 is 4.72 Å². The molecule has 1 heterocycles. The van der Waals surface area contributed by atoms with Gasteiger partial charge in [-0.3, -0.25) is 4.79 Å². The van der Waals surface area contributed by atoms with Crippen molar-refractivity contribution in [3.8, 4) is 0 Å². The van der Waals surface area contributed by atoms with E-state index in [1.807, 2.05) is 0 Å². The second-order valence-electron chi connectivity index (χ2n) is 3.30. The summed E-state index contributed by atoms with van der Waals surface area (Å²) in [5.41, 5.74) is 0. The fourth-order valence-corrected chi connectivity index (χ4v) is 2.67. The Labute approximate surface area is 87.9 Å². The Morgan fingerprint density at radius 2 is 2.20 bits per heavy atom. The summed E-state index contributed by atoms with van der Waals surface area (Å²) in [6, 6.07) is 0. The van der Waals surface area contributed by atoms with E-state index in [4.69, 9.17) is 10.2 Å². The maximum atomic E-state index is 11.5. The molecular weight excluding hydrogens is 224 g/mol. The van der Waals surface area contributed by atoms with Crippen LogP contribution in [0.15, 0.2) is 0 Å². The van der Waals surface area contributed by atoms with Crippen LogP contribution in [0.2, 0.25) is 0 Å². The quantitative estimate of drug-likeness (QED) is 0.525. The number of aliphatic hydroxyl groups excluding tert-OH is 1. The molecule has 0 bridgehead atoms. The van der Waals surface area contributed by atoms with Crippen LogP contribution in [0, 0.1) is 5.92 Å². The monoisotopic (exact) mass is 238 g/mol. The lowest BCUT2D eigenvalue weighted by Gasteiger charge is -2.15. The van der Waals surface area contributed by atoms with Crippen molar-refractivity contribution in [1.82, 2.24) is 9.03 Å². The molecule has 0 aromatic heterocycles. The first kappa shape index (κ1) is 12.4. The minimum absolute atomic E-state index is 0.00387. The highest BCUT2D eigenvalue weighted by atomic mass is 32.2. The summed E-state index contributed by atoms with van der Waals surface area (Å²) in [6.07, 6.45) is 0.329. The van der Waals surface area contributed by atoms with Crippen LogP contribution in [0.3, 0.4) is 0 Å². The molecule has 1 unspecified atom stereocenters. The Hall–Kier alpha value is -0.700. The number of hydrogen-bond acceptors (Lipinski definition) is 4. The van der Waals surface area contributed by atoms with E-state index in [0.29, 0.717) is 6.42 Å². The van der Waals surface area contributed by atoms with E-state index >= 15 is 0 Å². The van der Waals surface area contributed by atoms with E-state index in [0.717, 1.165) is 4.31 Å². The molecule has 1 atom stereocenters. The van der Waals surface area contributed by atoms with Gasteiger partial charge in [0.05, 0.1) is 12.5 Å². The Bertz CT molecular complexity index is 328. The first-order valence-electron chi connectivity index (χ1n) is 4.56. The zero-order valence-electron chi connectivity index (χ0n) is 8.09. The summed E-state index contributed by atoms with van der Waals surface area (Å²) >= 11 is 0. The summed E-state index contributed by atoms with van der Waals surface area (Å²) in [5.74, 6) is -1.61. The highest BCUT2D eigenvalue weighted by molar-refractivity contribution is 7.87. The van der Waals surface area contributed by atoms with Gasteiger partial charge in [0.25, 0.3) is 10.2 Å². The van der Waals surface area contributed by atoms with Gasteiger partial charge in [0.1, 0.15) is 0 Å². The molecule has 0 aliphatic carbocycles. The van der Waals surface area contributed by atoms with Gasteiger partial charge >= 0.3 is 5.97 Å². The highest BCUT2D eigenvalue weighted by Crippen LogP contribution is 2.18. The minimum atomic E-state index is -3.63. The van der Waals surface area contributed by atoms with Gasteiger partial charge in [-0.1, -0.05) is 0 Å². The van der Waals surface area contributed by atoms with Crippen LogP contribution in [-0.4, -0.2) is 55.1 Å². The Balaban J connectivity index is 2.56. The predicted octanol–water partition coefficient (Wildman–Crippen LogP) is -1.78. The number of nitrogens with one attached hydrogen (secondary N) is 1. The molecule has 0 amide bonds. The molecule has 88 valence electrons. The SMILES string of the molecule is O=C(O)C1CCN(S(=O)(=O)NCCO)C1. The molecule has 0 saturated carbocycles. The van der Waals surface area contributed by atoms with Crippen LogP contribution in [0.5, 0.6) is 0 Å². The molecule has 1 aliphatic heterocycles. The first-order valence-corrected chi connectivity index (χ1v) is 6.00. The van der Waals surface area contributed by atoms with E-state index in [1.54, 1.807) is 0 Å². The maximum Gasteiger partial charge on any atom is 0.307 e. The van der Waals surface area contributed by atoms with Crippen molar-refractivity contribution in [3.63, 3.8) is 0 Å². The third-order valence-corrected chi connectivity index (χ3v) is 3.82. The van der Waals surface area contributed by atoms with Gasteiger partial charge in [-0.25, -0.2) is 0 Å². The maximum absolute atomic E-state index is 11.5. The van der Waals surface area contributed by atoms with Crippen LogP contribution in [0.1, 0.15) is 6.42 Å². The number of carboxylic acid groups (broad SMARTS) is 1. The summed E-state index contributed by atoms with van der Waals surface area (Å²) in [4.78, 5) is 10.6. The zero-order valence-corrected chi connectivity index (χ0v) is 8.90. The molecule has 1 saturated heterocycles. The van der Waals surface area contributed by atoms with Gasteiger partial charge in [0.2, 0.25) is 0 Å². The van der Waals surface area contributed by atoms with Gasteiger partial charge in [-0.2, -0.15) is 17.4 Å². The average molecular weight is 238 g/mol. The smallest absolute Gasteiger partial charge is 0.307 e. The van der Waals surface area contributed by atoms with Crippen molar-refractivity contribution in [2.24, 2.45) is 5.92 Å². The molecular formula is C7H14N2O5S. The van der Waals surface area contributed by atoms with Crippen molar-refractivity contribution in [2.45, 2.75) is 6.42 Å². The van der Waals surface area contributed by atoms with Crippen molar-refractivity contribution in [1.29, 1.82) is 0 Å². The molecule has 1 fully saturated rings. The molecule has 7 nitrogen and oxygen atoms in total. The first-order chi connectivity index (χ1) is 6.97. The second-order valence-corrected chi connectivity index (χ2v) is 5.06. The second kappa shape index (κ2) is 4.88. The Morgan fingerprint density at radius 1 is 1.53 bits per heavy atom. The van der Waals surface area contributed by atoms with E-state index in [2.05, 4.69) is 4.72 Å². The van der Waals surface area contributed by atoms with E-state index in [-0.39, 0.29) is 26.2 Å². The lowest BCUT2D eigenvalue weighted by Crippen LogP contribution is -2.40. The number of aliphatic carboxylic acids is 1. The predicted molar refractivity (Wildman–Crippen MR) is 51.3 cm³/mol. The summed E-state index contributed by atoms with van der Waals surface area (Å²) in [6.45, 7) is -0.139. The third-order valence-electron chi connectivity index (χ3n) is 2.24. The number of carboxylic acids is 1. The standard InChI is InChI=1S/C7H14N2O5S/c10-4-2-8-15(13,14)9-3-1-6(5-9)7(11)12/h6,8,10H,1-5H2,(H,11,12). The van der Waals surface area contributed by atoms with Crippen LogP contribution >= 0.6 is 0 Å². The van der Waals surface area contributed by atoms with Gasteiger partial charge < -0.3 is 10.2 Å². The zero-order chi connectivity index (χ0) is 11.5. The van der Waals surface area contributed by atoms with Crippen LogP contribution in [0.4, 0.5) is 0 Å². The minimum Gasteiger partial charge on any atom is -0.481 e. The number of aliphatic hydroxyl groups is 1. The summed E-state index contributed by atoms with van der Waals surface area (Å²) in [5, 5.41) is 17.2. The Morgan fingerprint density at radius 3 is 2.67 bits per heavy atom. The lowest BCUT2D eigenvalue weighted by atomic mass is 10.1. The van der Waals surface area contributed by atoms with E-state index in [1.165, 1.54) is 0 Å². The summed E-state index contributed by atoms with van der Waals surface area (Å²) in [7, 11) is -3.63. The molecule has 0 radical (unpaired) electrons. The number of nitrogens with zero attached hydrogens (tertiary/aromatic N) is 1. The number of hydrogen-bond donors (Lipinski definition) is 3. The van der Waals surface area contributed by atoms with Crippen LogP contribution in [-0.2, 0) is 15.0 Å². The molecule has 1 aliphatic rings. The molecule has 0 aromatic rings. The molecule has 8 heteroatoms. The van der Waals surface area contributed by atoms with Crippen molar-refractivity contribution < 1.29 is 23.4 Å². The molecule has 3 N–H and O–H groups in total. The van der Waals surface area contributed by atoms with Crippen molar-refractivity contribution in [3.05, 3.63) is 0 Å². The molecule has 1 rings (SSSR count). The molecule has 15 heavy (non-hydrogen) atoms. The Kier molecular flexibility index (Phi) is 4.03. The van der Waals surface area contributed by atoms with Crippen LogP contribution in [0.25, 0.3) is 0 Å². The normalized spacial score (nSPS) is 23.1. The van der Waals surface area contributed by atoms with E-state index < -0.39 is 22.1 Å². The number of rotatable bonds is 5. The molecule has 0 spiro atoms. The van der Waals surface area contributed by atoms with Gasteiger partial charge in [-0.15, -0.1) is 0 Å².